The molecule has 148 valence electrons. The number of halogens is 2. The smallest absolute Gasteiger partial charge is 0.255 e. The van der Waals surface area contributed by atoms with E-state index in [4.69, 9.17) is 0 Å². The average molecular weight is 402 g/mol. The predicted octanol–water partition coefficient (Wildman–Crippen LogP) is 5.62. The lowest BCUT2D eigenvalue weighted by atomic mass is 10.1. The van der Waals surface area contributed by atoms with Crippen molar-refractivity contribution in [2.24, 2.45) is 0 Å². The Morgan fingerprint density at radius 3 is 1.30 bits per heavy atom. The topological polar surface area (TPSA) is 58.2 Å². The van der Waals surface area contributed by atoms with Crippen molar-refractivity contribution in [3.05, 3.63) is 108 Å². The Morgan fingerprint density at radius 1 is 0.567 bits per heavy atom. The molecular weight excluding hydrogens is 386 g/mol. The SMILES string of the molecule is O=C(Nc1cc2ccccc2cc1NC(=O)c1ccc(F)cc1)c1ccc(F)cc1. The molecule has 0 aliphatic rings. The van der Waals surface area contributed by atoms with Crippen molar-refractivity contribution in [2.45, 2.75) is 0 Å². The van der Waals surface area contributed by atoms with Crippen LogP contribution in [0.1, 0.15) is 20.7 Å². The molecule has 2 N–H and O–H groups in total. The summed E-state index contributed by atoms with van der Waals surface area (Å²) in [4.78, 5) is 25.2. The fraction of sp³-hybridized carbons (Fsp3) is 0. The molecule has 30 heavy (non-hydrogen) atoms. The van der Waals surface area contributed by atoms with Gasteiger partial charge in [-0.3, -0.25) is 9.59 Å². The fourth-order valence-corrected chi connectivity index (χ4v) is 3.04. The van der Waals surface area contributed by atoms with Crippen LogP contribution in [0, 0.1) is 11.6 Å². The third kappa shape index (κ3) is 4.17. The van der Waals surface area contributed by atoms with E-state index >= 15 is 0 Å². The van der Waals surface area contributed by atoms with Crippen LogP contribution in [0.25, 0.3) is 10.8 Å². The lowest BCUT2D eigenvalue weighted by molar-refractivity contribution is 0.101. The predicted molar refractivity (Wildman–Crippen MR) is 113 cm³/mol. The standard InChI is InChI=1S/C24H16F2N2O2/c25-19-9-5-15(6-10-19)23(29)27-21-13-17-3-1-2-4-18(17)14-22(21)28-24(30)16-7-11-20(26)12-8-16/h1-14H,(H,27,29)(H,28,30). The maximum absolute atomic E-state index is 13.1. The van der Waals surface area contributed by atoms with Crippen molar-refractivity contribution < 1.29 is 18.4 Å². The van der Waals surface area contributed by atoms with E-state index in [2.05, 4.69) is 10.6 Å². The number of anilines is 2. The van der Waals surface area contributed by atoms with Gasteiger partial charge in [0.2, 0.25) is 0 Å². The highest BCUT2D eigenvalue weighted by Crippen LogP contribution is 2.29. The van der Waals surface area contributed by atoms with Crippen molar-refractivity contribution in [2.75, 3.05) is 10.6 Å². The van der Waals surface area contributed by atoms with Crippen molar-refractivity contribution in [3.8, 4) is 0 Å². The molecule has 0 bridgehead atoms. The largest absolute Gasteiger partial charge is 0.320 e. The zero-order valence-corrected chi connectivity index (χ0v) is 15.7. The van der Waals surface area contributed by atoms with Gasteiger partial charge < -0.3 is 10.6 Å². The normalized spacial score (nSPS) is 10.6. The maximum Gasteiger partial charge on any atom is 0.255 e. The molecule has 0 unspecified atom stereocenters. The van der Waals surface area contributed by atoms with Gasteiger partial charge in [-0.2, -0.15) is 0 Å². The van der Waals surface area contributed by atoms with Gasteiger partial charge in [-0.25, -0.2) is 8.78 Å². The minimum atomic E-state index is -0.442. The Bertz CT molecular complexity index is 1140. The summed E-state index contributed by atoms with van der Waals surface area (Å²) in [6, 6.07) is 21.3. The number of nitrogens with one attached hydrogen (secondary N) is 2. The quantitative estimate of drug-likeness (QED) is 0.465. The van der Waals surface area contributed by atoms with Gasteiger partial charge >= 0.3 is 0 Å². The number of fused-ring (bicyclic) bond motifs is 1. The van der Waals surface area contributed by atoms with E-state index in [1.807, 2.05) is 24.3 Å². The summed E-state index contributed by atoms with van der Waals surface area (Å²) in [7, 11) is 0. The van der Waals surface area contributed by atoms with E-state index in [0.717, 1.165) is 10.8 Å². The van der Waals surface area contributed by atoms with Gasteiger partial charge in [0, 0.05) is 11.1 Å². The van der Waals surface area contributed by atoms with E-state index in [-0.39, 0.29) is 11.1 Å². The number of amides is 2. The van der Waals surface area contributed by atoms with Crippen molar-refractivity contribution in [3.63, 3.8) is 0 Å². The molecule has 0 aliphatic heterocycles. The second-order valence-corrected chi connectivity index (χ2v) is 6.67. The van der Waals surface area contributed by atoms with Crippen LogP contribution in [0.2, 0.25) is 0 Å². The minimum Gasteiger partial charge on any atom is -0.320 e. The number of carbonyl (C=O) groups is 2. The highest BCUT2D eigenvalue weighted by Gasteiger charge is 2.14. The van der Waals surface area contributed by atoms with Crippen LogP contribution in [-0.2, 0) is 0 Å². The molecule has 6 heteroatoms. The van der Waals surface area contributed by atoms with Gasteiger partial charge in [0.1, 0.15) is 11.6 Å². The Hall–Kier alpha value is -4.06. The first kappa shape index (κ1) is 19.3. The molecule has 2 amide bonds. The van der Waals surface area contributed by atoms with E-state index in [1.54, 1.807) is 12.1 Å². The molecule has 0 atom stereocenters. The van der Waals surface area contributed by atoms with E-state index < -0.39 is 23.4 Å². The summed E-state index contributed by atoms with van der Waals surface area (Å²) in [6.45, 7) is 0. The minimum absolute atomic E-state index is 0.278. The third-order valence-corrected chi connectivity index (χ3v) is 4.60. The van der Waals surface area contributed by atoms with Gasteiger partial charge in [-0.05, 0) is 71.4 Å². The van der Waals surface area contributed by atoms with Crippen LogP contribution in [0.5, 0.6) is 0 Å². The zero-order chi connectivity index (χ0) is 21.1. The molecule has 4 aromatic rings. The monoisotopic (exact) mass is 402 g/mol. The Labute approximate surface area is 171 Å². The van der Waals surface area contributed by atoms with Gasteiger partial charge in [0.25, 0.3) is 11.8 Å². The third-order valence-electron chi connectivity index (χ3n) is 4.60. The molecule has 4 aromatic carbocycles. The van der Waals surface area contributed by atoms with Crippen LogP contribution >= 0.6 is 0 Å². The van der Waals surface area contributed by atoms with Crippen LogP contribution in [0.15, 0.2) is 84.9 Å². The Kier molecular flexibility index (Phi) is 5.22. The van der Waals surface area contributed by atoms with Crippen LogP contribution in [-0.4, -0.2) is 11.8 Å². The van der Waals surface area contributed by atoms with Crippen LogP contribution in [0.4, 0.5) is 20.2 Å². The molecule has 0 heterocycles. The lowest BCUT2D eigenvalue weighted by Gasteiger charge is -2.14. The van der Waals surface area contributed by atoms with Gasteiger partial charge in [0.15, 0.2) is 0 Å². The summed E-state index contributed by atoms with van der Waals surface area (Å²) in [6.07, 6.45) is 0. The molecule has 0 spiro atoms. The summed E-state index contributed by atoms with van der Waals surface area (Å²) in [5.41, 5.74) is 1.33. The molecule has 0 saturated carbocycles. The molecule has 0 fully saturated rings. The fourth-order valence-electron chi connectivity index (χ4n) is 3.04. The van der Waals surface area contributed by atoms with E-state index in [0.29, 0.717) is 11.4 Å². The molecule has 0 aliphatic carbocycles. The Balaban J connectivity index is 1.68. The van der Waals surface area contributed by atoms with Gasteiger partial charge in [-0.1, -0.05) is 24.3 Å². The molecule has 4 rings (SSSR count). The summed E-state index contributed by atoms with van der Waals surface area (Å²) < 4.78 is 26.3. The van der Waals surface area contributed by atoms with Crippen molar-refractivity contribution >= 4 is 34.0 Å². The highest BCUT2D eigenvalue weighted by molar-refractivity contribution is 6.12. The first-order chi connectivity index (χ1) is 14.5. The summed E-state index contributed by atoms with van der Waals surface area (Å²) in [5, 5.41) is 7.27. The summed E-state index contributed by atoms with van der Waals surface area (Å²) in [5.74, 6) is -1.76. The van der Waals surface area contributed by atoms with Gasteiger partial charge in [-0.15, -0.1) is 0 Å². The van der Waals surface area contributed by atoms with Crippen molar-refractivity contribution in [1.29, 1.82) is 0 Å². The van der Waals surface area contributed by atoms with Crippen LogP contribution in [0.3, 0.4) is 0 Å². The molecule has 0 radical (unpaired) electrons. The molecule has 0 aromatic heterocycles. The average Bonchev–Trinajstić information content (AvgIpc) is 2.75. The van der Waals surface area contributed by atoms with Gasteiger partial charge in [0.05, 0.1) is 11.4 Å². The molecular formula is C24H16F2N2O2. The molecule has 0 saturated heterocycles. The van der Waals surface area contributed by atoms with Crippen LogP contribution < -0.4 is 10.6 Å². The highest BCUT2D eigenvalue weighted by atomic mass is 19.1. The number of hydrogen-bond acceptors (Lipinski definition) is 2. The van der Waals surface area contributed by atoms with Crippen molar-refractivity contribution in [1.82, 2.24) is 0 Å². The second kappa shape index (κ2) is 8.13. The maximum atomic E-state index is 13.1. The second-order valence-electron chi connectivity index (χ2n) is 6.67. The Morgan fingerprint density at radius 2 is 0.933 bits per heavy atom. The lowest BCUT2D eigenvalue weighted by Crippen LogP contribution is -2.17. The number of hydrogen-bond donors (Lipinski definition) is 2. The number of benzene rings is 4. The summed E-state index contributed by atoms with van der Waals surface area (Å²) >= 11 is 0. The number of carbonyl (C=O) groups excluding carboxylic acids is 2. The molecule has 4 nitrogen and oxygen atoms in total. The van der Waals surface area contributed by atoms with E-state index in [9.17, 15) is 18.4 Å². The first-order valence-electron chi connectivity index (χ1n) is 9.16. The first-order valence-corrected chi connectivity index (χ1v) is 9.16. The zero-order valence-electron chi connectivity index (χ0n) is 15.7. The van der Waals surface area contributed by atoms with E-state index in [1.165, 1.54) is 48.5 Å². The number of rotatable bonds is 4.